The zero-order valence-electron chi connectivity index (χ0n) is 19.1. The lowest BCUT2D eigenvalue weighted by atomic mass is 9.86. The van der Waals surface area contributed by atoms with Gasteiger partial charge in [-0.1, -0.05) is 63.2 Å². The molecule has 1 unspecified atom stereocenters. The van der Waals surface area contributed by atoms with Crippen molar-refractivity contribution >= 4 is 11.9 Å². The highest BCUT2D eigenvalue weighted by molar-refractivity contribution is 5.97. The number of carboxylic acid groups (broad SMARTS) is 1. The van der Waals surface area contributed by atoms with E-state index in [1.54, 1.807) is 12.1 Å². The molecule has 2 aliphatic rings. The number of nitrogens with zero attached hydrogens (tertiary/aromatic N) is 2. The second kappa shape index (κ2) is 8.68. The molecule has 32 heavy (non-hydrogen) atoms. The molecule has 4 rings (SSSR count). The zero-order chi connectivity index (χ0) is 22.9. The fraction of sp³-hybridized carbons (Fsp3) is 0.462. The molecule has 1 N–H and O–H groups in total. The van der Waals surface area contributed by atoms with Crippen molar-refractivity contribution in [3.8, 4) is 0 Å². The van der Waals surface area contributed by atoms with Gasteiger partial charge < -0.3 is 9.84 Å². The second-order valence-electron chi connectivity index (χ2n) is 9.88. The summed E-state index contributed by atoms with van der Waals surface area (Å²) < 4.78 is 6.08. The first-order valence-corrected chi connectivity index (χ1v) is 11.3. The molecule has 2 aromatic rings. The van der Waals surface area contributed by atoms with Gasteiger partial charge >= 0.3 is 5.97 Å². The Morgan fingerprint density at radius 2 is 1.66 bits per heavy atom. The topological polar surface area (TPSA) is 70.1 Å². The maximum absolute atomic E-state index is 13.5. The van der Waals surface area contributed by atoms with E-state index in [0.29, 0.717) is 18.4 Å². The number of carbonyl (C=O) groups is 2. The first-order chi connectivity index (χ1) is 15.2. The number of amides is 1. The van der Waals surface area contributed by atoms with E-state index in [1.807, 2.05) is 30.3 Å². The van der Waals surface area contributed by atoms with E-state index < -0.39 is 17.7 Å². The van der Waals surface area contributed by atoms with Crippen LogP contribution < -0.4 is 0 Å². The van der Waals surface area contributed by atoms with Gasteiger partial charge in [0.1, 0.15) is 5.72 Å². The first-order valence-electron chi connectivity index (χ1n) is 11.3. The molecule has 1 amide bonds. The van der Waals surface area contributed by atoms with Gasteiger partial charge in [-0.25, -0.2) is 4.79 Å². The number of ether oxygens (including phenoxy) is 1. The Labute approximate surface area is 189 Å². The average Bonchev–Trinajstić information content (AvgIpc) is 3.14. The Hall–Kier alpha value is -2.70. The minimum Gasteiger partial charge on any atom is -0.480 e. The summed E-state index contributed by atoms with van der Waals surface area (Å²) in [5.74, 6) is -1.29. The molecule has 2 heterocycles. The van der Waals surface area contributed by atoms with Crippen molar-refractivity contribution in [1.29, 1.82) is 0 Å². The molecule has 0 saturated carbocycles. The molecule has 1 spiro atoms. The van der Waals surface area contributed by atoms with Crippen LogP contribution in [0.25, 0.3) is 0 Å². The monoisotopic (exact) mass is 436 g/mol. The van der Waals surface area contributed by atoms with Gasteiger partial charge in [0, 0.05) is 38.0 Å². The summed E-state index contributed by atoms with van der Waals surface area (Å²) >= 11 is 0. The molecule has 170 valence electrons. The normalized spacial score (nSPS) is 21.1. The maximum atomic E-state index is 13.5. The summed E-state index contributed by atoms with van der Waals surface area (Å²) in [6.07, 6.45) is 1.19. The molecule has 0 radical (unpaired) electrons. The molecule has 6 nitrogen and oxygen atoms in total. The van der Waals surface area contributed by atoms with Crippen LogP contribution in [0, 0.1) is 0 Å². The van der Waals surface area contributed by atoms with Crippen LogP contribution in [0.2, 0.25) is 0 Å². The Morgan fingerprint density at radius 3 is 2.22 bits per heavy atom. The van der Waals surface area contributed by atoms with Crippen molar-refractivity contribution < 1.29 is 19.4 Å². The van der Waals surface area contributed by atoms with Crippen molar-refractivity contribution in [2.45, 2.75) is 57.3 Å². The minimum absolute atomic E-state index is 0.0191. The number of aliphatic carboxylic acids is 1. The number of benzene rings is 2. The summed E-state index contributed by atoms with van der Waals surface area (Å²) in [7, 11) is 0. The molecule has 2 aromatic carbocycles. The van der Waals surface area contributed by atoms with Gasteiger partial charge in [0.25, 0.3) is 5.91 Å². The van der Waals surface area contributed by atoms with E-state index >= 15 is 0 Å². The first kappa shape index (κ1) is 22.5. The van der Waals surface area contributed by atoms with Crippen LogP contribution in [0.15, 0.2) is 54.6 Å². The molecular formula is C26H32N2O4. The van der Waals surface area contributed by atoms with E-state index in [1.165, 1.54) is 10.5 Å². The maximum Gasteiger partial charge on any atom is 0.328 e. The van der Waals surface area contributed by atoms with Crippen molar-refractivity contribution in [2.24, 2.45) is 0 Å². The summed E-state index contributed by atoms with van der Waals surface area (Å²) in [6.45, 7) is 8.72. The van der Waals surface area contributed by atoms with E-state index in [2.05, 4.69) is 37.8 Å². The summed E-state index contributed by atoms with van der Waals surface area (Å²) in [5.41, 5.74) is 1.99. The molecule has 2 saturated heterocycles. The second-order valence-corrected chi connectivity index (χ2v) is 9.88. The number of carbonyl (C=O) groups excluding carboxylic acids is 1. The third-order valence-electron chi connectivity index (χ3n) is 6.65. The van der Waals surface area contributed by atoms with E-state index in [-0.39, 0.29) is 17.9 Å². The Bertz CT molecular complexity index is 958. The highest BCUT2D eigenvalue weighted by Gasteiger charge is 2.54. The Kier molecular flexibility index (Phi) is 6.10. The Balaban J connectivity index is 1.53. The quantitative estimate of drug-likeness (QED) is 0.787. The van der Waals surface area contributed by atoms with Crippen molar-refractivity contribution in [2.75, 3.05) is 19.7 Å². The van der Waals surface area contributed by atoms with Gasteiger partial charge in [0.2, 0.25) is 0 Å². The molecule has 2 fully saturated rings. The van der Waals surface area contributed by atoms with Gasteiger partial charge in [0.05, 0.1) is 6.61 Å². The molecule has 0 aromatic heterocycles. The highest BCUT2D eigenvalue weighted by Crippen LogP contribution is 2.39. The lowest BCUT2D eigenvalue weighted by molar-refractivity contribution is -0.144. The number of hydrogen-bond acceptors (Lipinski definition) is 4. The number of hydrogen-bond donors (Lipinski definition) is 1. The van der Waals surface area contributed by atoms with Crippen molar-refractivity contribution in [1.82, 2.24) is 9.80 Å². The lowest BCUT2D eigenvalue weighted by Gasteiger charge is -2.44. The van der Waals surface area contributed by atoms with Crippen molar-refractivity contribution in [3.63, 3.8) is 0 Å². The smallest absolute Gasteiger partial charge is 0.328 e. The zero-order valence-corrected chi connectivity index (χ0v) is 19.1. The fourth-order valence-electron chi connectivity index (χ4n) is 4.71. The average molecular weight is 437 g/mol. The van der Waals surface area contributed by atoms with Gasteiger partial charge in [-0.05, 0) is 28.7 Å². The number of carboxylic acids is 1. The van der Waals surface area contributed by atoms with Gasteiger partial charge in [-0.15, -0.1) is 0 Å². The minimum atomic E-state index is -1.02. The van der Waals surface area contributed by atoms with Crippen LogP contribution in [-0.4, -0.2) is 58.2 Å². The summed E-state index contributed by atoms with van der Waals surface area (Å²) in [6, 6.07) is 16.8. The Morgan fingerprint density at radius 1 is 1.03 bits per heavy atom. The van der Waals surface area contributed by atoms with Gasteiger partial charge in [-0.3, -0.25) is 14.6 Å². The predicted octanol–water partition coefficient (Wildman–Crippen LogP) is 3.90. The van der Waals surface area contributed by atoms with Gasteiger partial charge in [-0.2, -0.15) is 0 Å². The standard InChI is InChI=1S/C26H32N2O4/c1-25(2,3)21-11-9-20(10-12-21)23(29)28-22(24(30)31)18-32-26(28)13-15-27(16-14-26)17-19-7-5-4-6-8-19/h4-12,22H,13-18H2,1-3H3,(H,30,31). The molecule has 0 aliphatic carbocycles. The van der Waals surface area contributed by atoms with Crippen LogP contribution in [0.1, 0.15) is 55.1 Å². The number of likely N-dealkylation sites (tertiary alicyclic amines) is 1. The van der Waals surface area contributed by atoms with Gasteiger partial charge in [0.15, 0.2) is 6.04 Å². The highest BCUT2D eigenvalue weighted by atomic mass is 16.5. The summed E-state index contributed by atoms with van der Waals surface area (Å²) in [5, 5.41) is 9.81. The largest absolute Gasteiger partial charge is 0.480 e. The third-order valence-corrected chi connectivity index (χ3v) is 6.65. The predicted molar refractivity (Wildman–Crippen MR) is 122 cm³/mol. The fourth-order valence-corrected chi connectivity index (χ4v) is 4.71. The van der Waals surface area contributed by atoms with Crippen LogP contribution in [0.4, 0.5) is 0 Å². The van der Waals surface area contributed by atoms with E-state index in [4.69, 9.17) is 4.74 Å². The van der Waals surface area contributed by atoms with Crippen LogP contribution in [-0.2, 0) is 21.5 Å². The number of rotatable bonds is 4. The third kappa shape index (κ3) is 4.43. The molecular weight excluding hydrogens is 404 g/mol. The van der Waals surface area contributed by atoms with Crippen LogP contribution in [0.3, 0.4) is 0 Å². The molecule has 0 bridgehead atoms. The van der Waals surface area contributed by atoms with E-state index in [9.17, 15) is 14.7 Å². The molecule has 2 aliphatic heterocycles. The van der Waals surface area contributed by atoms with Crippen LogP contribution >= 0.6 is 0 Å². The molecule has 6 heteroatoms. The summed E-state index contributed by atoms with van der Waals surface area (Å²) in [4.78, 5) is 29.4. The SMILES string of the molecule is CC(C)(C)c1ccc(C(=O)N2C(C(=O)O)COC23CCN(Cc2ccccc2)CC3)cc1. The molecule has 1 atom stereocenters. The van der Waals surface area contributed by atoms with E-state index in [0.717, 1.165) is 25.2 Å². The number of piperidine rings is 1. The van der Waals surface area contributed by atoms with Crippen molar-refractivity contribution in [3.05, 3.63) is 71.3 Å². The van der Waals surface area contributed by atoms with Crippen LogP contribution in [0.5, 0.6) is 0 Å². The lowest BCUT2D eigenvalue weighted by Crippen LogP contribution is -2.58.